The molecule has 11 nitrogen and oxygen atoms in total. The number of esters is 3. The molecule has 0 aromatic heterocycles. The van der Waals surface area contributed by atoms with Gasteiger partial charge >= 0.3 is 25.7 Å². The molecule has 0 heterocycles. The number of allylic oxidation sites excluding steroid dienone is 12. The number of aliphatic hydroxyl groups is 1. The van der Waals surface area contributed by atoms with E-state index < -0.39 is 57.8 Å². The van der Waals surface area contributed by atoms with Crippen molar-refractivity contribution < 1.29 is 52.2 Å². The van der Waals surface area contributed by atoms with Crippen molar-refractivity contribution in [3.63, 3.8) is 0 Å². The number of aliphatic hydroxyl groups excluding tert-OH is 1. The highest BCUT2D eigenvalue weighted by Gasteiger charge is 2.28. The lowest BCUT2D eigenvalue weighted by atomic mass is 10.0. The molecule has 0 spiro atoms. The number of hydrogen-bond acceptors (Lipinski definition) is 10. The molecule has 74 heavy (non-hydrogen) atoms. The van der Waals surface area contributed by atoms with Crippen LogP contribution in [0.5, 0.6) is 0 Å². The Morgan fingerprint density at radius 3 is 1.12 bits per heavy atom. The van der Waals surface area contributed by atoms with Crippen molar-refractivity contribution in [2.75, 3.05) is 26.4 Å². The summed E-state index contributed by atoms with van der Waals surface area (Å²) in [4.78, 5) is 48.6. The van der Waals surface area contributed by atoms with Gasteiger partial charge in [0.1, 0.15) is 12.7 Å². The maximum Gasteiger partial charge on any atom is 0.472 e. The third kappa shape index (κ3) is 53.7. The fourth-order valence-electron chi connectivity index (χ4n) is 8.08. The molecule has 0 amide bonds. The highest BCUT2D eigenvalue weighted by Crippen LogP contribution is 2.43. The molecule has 3 atom stereocenters. The molecule has 0 saturated carbocycles. The van der Waals surface area contributed by atoms with Gasteiger partial charge in [0.25, 0.3) is 0 Å². The number of hydrogen-bond donors (Lipinski definition) is 2. The summed E-state index contributed by atoms with van der Waals surface area (Å²) < 4.78 is 39.5. The lowest BCUT2D eigenvalue weighted by Crippen LogP contribution is -2.30. The second-order valence-corrected chi connectivity index (χ2v) is 21.2. The smallest absolute Gasteiger partial charge is 0.462 e. The van der Waals surface area contributed by atoms with E-state index in [4.69, 9.17) is 23.3 Å². The fraction of sp³-hybridized carbons (Fsp3) is 0.758. The molecule has 0 rings (SSSR count). The molecule has 0 aromatic rings. The zero-order valence-electron chi connectivity index (χ0n) is 47.3. The quantitative estimate of drug-likeness (QED) is 0.0197. The molecule has 0 bridgehead atoms. The molecule has 0 fully saturated rings. The maximum atomic E-state index is 12.9. The van der Waals surface area contributed by atoms with E-state index in [2.05, 4.69) is 93.7 Å². The van der Waals surface area contributed by atoms with Crippen molar-refractivity contribution in [1.82, 2.24) is 0 Å². The Kier molecular flexibility index (Phi) is 53.8. The Bertz CT molecular complexity index is 1520. The second kappa shape index (κ2) is 56.1. The van der Waals surface area contributed by atoms with Crippen LogP contribution in [0.1, 0.15) is 265 Å². The van der Waals surface area contributed by atoms with E-state index in [1.807, 2.05) is 0 Å². The summed E-state index contributed by atoms with van der Waals surface area (Å²) in [6, 6.07) is 0. The Morgan fingerprint density at radius 1 is 0.392 bits per heavy atom. The molecule has 0 aliphatic carbocycles. The zero-order chi connectivity index (χ0) is 54.1. The predicted molar refractivity (Wildman–Crippen MR) is 307 cm³/mol. The van der Waals surface area contributed by atoms with Crippen LogP contribution in [0.15, 0.2) is 72.9 Å². The third-order valence-corrected chi connectivity index (χ3v) is 13.6. The molecule has 428 valence electrons. The number of phosphoric ester groups is 1. The first kappa shape index (κ1) is 70.9. The summed E-state index contributed by atoms with van der Waals surface area (Å²) in [5, 5.41) is 9.81. The van der Waals surface area contributed by atoms with Gasteiger partial charge in [0.15, 0.2) is 6.10 Å². The van der Waals surface area contributed by atoms with Crippen molar-refractivity contribution >= 4 is 25.7 Å². The first-order valence-corrected chi connectivity index (χ1v) is 31.3. The number of ether oxygens (including phenoxy) is 3. The summed E-state index contributed by atoms with van der Waals surface area (Å²) in [6.45, 7) is 4.48. The van der Waals surface area contributed by atoms with Gasteiger partial charge in [-0.3, -0.25) is 23.4 Å². The fourth-order valence-corrected chi connectivity index (χ4v) is 8.87. The minimum atomic E-state index is -4.76. The monoisotopic (exact) mass is 1060 g/mol. The Balaban J connectivity index is 4.75. The zero-order valence-corrected chi connectivity index (χ0v) is 48.2. The standard InChI is InChI=1S/C62H109O11P/c1-4-7-10-13-16-19-22-25-27-28-29-30-32-34-36-39-42-45-48-51-60(64)69-55-59(73-62(66)53-50-47-44-41-38-35-31-26-23-20-17-14-11-8-5-2)57-71-74(67,68)70-56-58(54-63)72-61(65)52-49-46-43-40-37-33-24-21-18-15-12-9-6-3/h9,12,16,18-19,21,25,27,29-30,33,37,58-59,63H,4-8,10-11,13-15,17,20,22-24,26,28,31-32,34-36,38-57H2,1-3H3,(H,67,68)/b12-9-,19-16-,21-18-,27-25-,30-29-,37-33-. The third-order valence-electron chi connectivity index (χ3n) is 12.6. The average molecular weight is 1060 g/mol. The van der Waals surface area contributed by atoms with Crippen LogP contribution in [0.25, 0.3) is 0 Å². The van der Waals surface area contributed by atoms with Gasteiger partial charge < -0.3 is 24.2 Å². The van der Waals surface area contributed by atoms with Crippen LogP contribution in [-0.2, 0) is 42.2 Å². The van der Waals surface area contributed by atoms with Crippen molar-refractivity contribution in [3.05, 3.63) is 72.9 Å². The van der Waals surface area contributed by atoms with Crippen LogP contribution in [-0.4, -0.2) is 66.5 Å². The van der Waals surface area contributed by atoms with Gasteiger partial charge in [0, 0.05) is 19.3 Å². The minimum Gasteiger partial charge on any atom is -0.462 e. The van der Waals surface area contributed by atoms with E-state index in [1.54, 1.807) is 0 Å². The summed E-state index contributed by atoms with van der Waals surface area (Å²) >= 11 is 0. The molecular weight excluding hydrogens is 952 g/mol. The molecule has 3 unspecified atom stereocenters. The second-order valence-electron chi connectivity index (χ2n) is 19.8. The Hall–Kier alpha value is -3.08. The largest absolute Gasteiger partial charge is 0.472 e. The molecule has 0 radical (unpaired) electrons. The summed E-state index contributed by atoms with van der Waals surface area (Å²) in [5.41, 5.74) is 0. The highest BCUT2D eigenvalue weighted by molar-refractivity contribution is 7.47. The van der Waals surface area contributed by atoms with Gasteiger partial charge in [0.05, 0.1) is 19.8 Å². The molecule has 0 aliphatic heterocycles. The van der Waals surface area contributed by atoms with Crippen LogP contribution < -0.4 is 0 Å². The molecular formula is C62H109O11P. The van der Waals surface area contributed by atoms with Gasteiger partial charge in [-0.05, 0) is 89.9 Å². The Labute approximate surface area is 452 Å². The van der Waals surface area contributed by atoms with E-state index in [0.29, 0.717) is 19.3 Å². The molecule has 0 aromatic carbocycles. The predicted octanol–water partition coefficient (Wildman–Crippen LogP) is 17.7. The van der Waals surface area contributed by atoms with Crippen LogP contribution >= 0.6 is 7.82 Å². The van der Waals surface area contributed by atoms with Crippen LogP contribution in [0.3, 0.4) is 0 Å². The lowest BCUT2D eigenvalue weighted by molar-refractivity contribution is -0.161. The first-order valence-electron chi connectivity index (χ1n) is 29.8. The first-order chi connectivity index (χ1) is 36.2. The number of unbranched alkanes of at least 4 members (excludes halogenated alkanes) is 26. The lowest BCUT2D eigenvalue weighted by Gasteiger charge is -2.21. The van der Waals surface area contributed by atoms with E-state index in [9.17, 15) is 28.9 Å². The van der Waals surface area contributed by atoms with Gasteiger partial charge in [0.2, 0.25) is 0 Å². The van der Waals surface area contributed by atoms with Crippen molar-refractivity contribution in [2.45, 2.75) is 277 Å². The summed E-state index contributed by atoms with van der Waals surface area (Å²) in [7, 11) is -4.76. The SMILES string of the molecule is CC/C=C\C/C=C\C/C=C\CCCCCC(=O)OC(CO)COP(=O)(O)OCC(COC(=O)CCCCCCCC/C=C\C/C=C\C/C=C\CCCCC)OC(=O)CCCCCCCCCCCCCCCCC. The van der Waals surface area contributed by atoms with Gasteiger partial charge in [-0.1, -0.05) is 229 Å². The summed E-state index contributed by atoms with van der Waals surface area (Å²) in [5.74, 6) is -1.50. The van der Waals surface area contributed by atoms with Crippen molar-refractivity contribution in [3.8, 4) is 0 Å². The topological polar surface area (TPSA) is 155 Å². The van der Waals surface area contributed by atoms with Gasteiger partial charge in [-0.25, -0.2) is 4.57 Å². The maximum absolute atomic E-state index is 12.9. The van der Waals surface area contributed by atoms with Gasteiger partial charge in [-0.15, -0.1) is 0 Å². The van der Waals surface area contributed by atoms with Crippen LogP contribution in [0.2, 0.25) is 0 Å². The van der Waals surface area contributed by atoms with Gasteiger partial charge in [-0.2, -0.15) is 0 Å². The minimum absolute atomic E-state index is 0.140. The van der Waals surface area contributed by atoms with E-state index in [1.165, 1.54) is 96.3 Å². The van der Waals surface area contributed by atoms with Crippen molar-refractivity contribution in [1.29, 1.82) is 0 Å². The van der Waals surface area contributed by atoms with E-state index >= 15 is 0 Å². The summed E-state index contributed by atoms with van der Waals surface area (Å²) in [6.07, 6.45) is 62.9. The number of phosphoric acid groups is 1. The van der Waals surface area contributed by atoms with E-state index in [-0.39, 0.29) is 25.9 Å². The molecule has 0 saturated heterocycles. The molecule has 2 N–H and O–H groups in total. The number of rotatable bonds is 55. The number of carbonyl (C=O) groups excluding carboxylic acids is 3. The van der Waals surface area contributed by atoms with Crippen LogP contribution in [0, 0.1) is 0 Å². The van der Waals surface area contributed by atoms with Crippen molar-refractivity contribution in [2.24, 2.45) is 0 Å². The van der Waals surface area contributed by atoms with E-state index in [0.717, 1.165) is 109 Å². The Morgan fingerprint density at radius 2 is 0.703 bits per heavy atom. The normalized spacial score (nSPS) is 13.9. The van der Waals surface area contributed by atoms with Crippen LogP contribution in [0.4, 0.5) is 0 Å². The molecule has 12 heteroatoms. The number of carbonyl (C=O) groups is 3. The highest BCUT2D eigenvalue weighted by atomic mass is 31.2. The molecule has 0 aliphatic rings. The average Bonchev–Trinajstić information content (AvgIpc) is 3.39.